The highest BCUT2D eigenvalue weighted by molar-refractivity contribution is 5.90. The lowest BCUT2D eigenvalue weighted by Crippen LogP contribution is -2.17. The maximum atomic E-state index is 13.4. The van der Waals surface area contributed by atoms with E-state index in [1.807, 2.05) is 0 Å². The van der Waals surface area contributed by atoms with Gasteiger partial charge in [-0.05, 0) is 6.07 Å². The molecular formula is C11H9F2N3O. The Morgan fingerprint density at radius 2 is 2.18 bits per heavy atom. The molecule has 0 unspecified atom stereocenters. The first-order chi connectivity index (χ1) is 8.09. The van der Waals surface area contributed by atoms with Gasteiger partial charge in [0.05, 0.1) is 19.1 Å². The number of halogens is 2. The number of amides is 1. The highest BCUT2D eigenvalue weighted by atomic mass is 19.2. The molecule has 2 aromatic rings. The highest BCUT2D eigenvalue weighted by Gasteiger charge is 2.12. The second-order valence-corrected chi connectivity index (χ2v) is 3.48. The minimum atomic E-state index is -0.934. The van der Waals surface area contributed by atoms with Crippen molar-refractivity contribution in [3.8, 4) is 0 Å². The van der Waals surface area contributed by atoms with Crippen LogP contribution in [0.4, 0.5) is 8.78 Å². The summed E-state index contributed by atoms with van der Waals surface area (Å²) in [6, 6.07) is 3.86. The maximum Gasteiger partial charge on any atom is 0.266 e. The molecule has 0 radical (unpaired) electrons. The van der Waals surface area contributed by atoms with Crippen molar-refractivity contribution in [2.75, 3.05) is 0 Å². The van der Waals surface area contributed by atoms with E-state index in [-0.39, 0.29) is 17.8 Å². The topological polar surface area (TPSA) is 60.9 Å². The number of aromatic nitrogens is 2. The third-order valence-corrected chi connectivity index (χ3v) is 2.34. The molecule has 6 heteroatoms. The van der Waals surface area contributed by atoms with E-state index in [9.17, 15) is 13.6 Å². The van der Waals surface area contributed by atoms with Crippen LogP contribution in [-0.4, -0.2) is 15.5 Å². The summed E-state index contributed by atoms with van der Waals surface area (Å²) in [5, 5.41) is 0. The average molecular weight is 237 g/mol. The zero-order valence-corrected chi connectivity index (χ0v) is 8.73. The van der Waals surface area contributed by atoms with Crippen molar-refractivity contribution in [2.45, 2.75) is 6.54 Å². The Balaban J connectivity index is 2.35. The molecule has 0 saturated carbocycles. The summed E-state index contributed by atoms with van der Waals surface area (Å²) in [7, 11) is 0. The Kier molecular flexibility index (Phi) is 2.86. The molecule has 0 fully saturated rings. The van der Waals surface area contributed by atoms with Gasteiger partial charge in [0.1, 0.15) is 5.69 Å². The zero-order chi connectivity index (χ0) is 12.4. The number of hydrogen-bond acceptors (Lipinski definition) is 2. The molecule has 0 aliphatic rings. The van der Waals surface area contributed by atoms with Crippen LogP contribution in [0.2, 0.25) is 0 Å². The highest BCUT2D eigenvalue weighted by Crippen LogP contribution is 2.13. The molecule has 1 amide bonds. The Labute approximate surface area is 95.7 Å². The van der Waals surface area contributed by atoms with Crippen molar-refractivity contribution in [1.29, 1.82) is 0 Å². The van der Waals surface area contributed by atoms with Crippen molar-refractivity contribution >= 4 is 5.91 Å². The summed E-state index contributed by atoms with van der Waals surface area (Å²) in [6.45, 7) is 0.00185. The van der Waals surface area contributed by atoms with E-state index in [4.69, 9.17) is 5.73 Å². The van der Waals surface area contributed by atoms with Crippen LogP contribution in [0.5, 0.6) is 0 Å². The summed E-state index contributed by atoms with van der Waals surface area (Å²) in [6.07, 6.45) is 2.62. The van der Waals surface area contributed by atoms with E-state index >= 15 is 0 Å². The lowest BCUT2D eigenvalue weighted by Gasteiger charge is -2.07. The number of carbonyl (C=O) groups excluding carboxylic acids is 1. The average Bonchev–Trinajstić information content (AvgIpc) is 2.73. The third kappa shape index (κ3) is 2.15. The fourth-order valence-corrected chi connectivity index (χ4v) is 1.51. The van der Waals surface area contributed by atoms with Crippen molar-refractivity contribution < 1.29 is 13.6 Å². The van der Waals surface area contributed by atoms with E-state index < -0.39 is 17.5 Å². The molecular weight excluding hydrogens is 228 g/mol. The van der Waals surface area contributed by atoms with E-state index in [0.29, 0.717) is 0 Å². The van der Waals surface area contributed by atoms with Gasteiger partial charge in [0.15, 0.2) is 11.6 Å². The fourth-order valence-electron chi connectivity index (χ4n) is 1.51. The van der Waals surface area contributed by atoms with Crippen molar-refractivity contribution in [2.24, 2.45) is 5.73 Å². The van der Waals surface area contributed by atoms with Gasteiger partial charge in [-0.1, -0.05) is 12.1 Å². The monoisotopic (exact) mass is 237 g/mol. The number of imidazole rings is 1. The van der Waals surface area contributed by atoms with Gasteiger partial charge in [0.25, 0.3) is 5.91 Å². The SMILES string of the molecule is NC(=O)c1cncn1Cc1cccc(F)c1F. The standard InChI is InChI=1S/C11H9F2N3O/c12-8-3-1-2-7(10(8)13)5-16-6-15-4-9(16)11(14)17/h1-4,6H,5H2,(H2,14,17). The lowest BCUT2D eigenvalue weighted by atomic mass is 10.2. The van der Waals surface area contributed by atoms with Gasteiger partial charge in [-0.2, -0.15) is 0 Å². The molecule has 1 aromatic heterocycles. The summed E-state index contributed by atoms with van der Waals surface area (Å²) in [5.41, 5.74) is 5.39. The summed E-state index contributed by atoms with van der Waals surface area (Å²) in [5.74, 6) is -2.53. The molecule has 4 nitrogen and oxygen atoms in total. The predicted molar refractivity (Wildman–Crippen MR) is 56.2 cm³/mol. The van der Waals surface area contributed by atoms with Crippen LogP contribution in [0, 0.1) is 11.6 Å². The quantitative estimate of drug-likeness (QED) is 0.874. The maximum absolute atomic E-state index is 13.4. The molecule has 1 aromatic carbocycles. The second-order valence-electron chi connectivity index (χ2n) is 3.48. The first-order valence-corrected chi connectivity index (χ1v) is 4.82. The van der Waals surface area contributed by atoms with Crippen LogP contribution < -0.4 is 5.73 Å². The van der Waals surface area contributed by atoms with Gasteiger partial charge >= 0.3 is 0 Å². The van der Waals surface area contributed by atoms with E-state index in [1.165, 1.54) is 29.2 Å². The summed E-state index contributed by atoms with van der Waals surface area (Å²) >= 11 is 0. The number of hydrogen-bond donors (Lipinski definition) is 1. The van der Waals surface area contributed by atoms with Crippen molar-refractivity contribution in [3.05, 3.63) is 53.6 Å². The number of carbonyl (C=O) groups is 1. The van der Waals surface area contributed by atoms with Crippen LogP contribution >= 0.6 is 0 Å². The van der Waals surface area contributed by atoms with Gasteiger partial charge in [-0.15, -0.1) is 0 Å². The molecule has 17 heavy (non-hydrogen) atoms. The molecule has 0 spiro atoms. The van der Waals surface area contributed by atoms with Gasteiger partial charge in [-0.3, -0.25) is 4.79 Å². The van der Waals surface area contributed by atoms with E-state index in [1.54, 1.807) is 0 Å². The van der Waals surface area contributed by atoms with Gasteiger partial charge in [0, 0.05) is 5.56 Å². The van der Waals surface area contributed by atoms with Gasteiger partial charge in [0.2, 0.25) is 0 Å². The minimum Gasteiger partial charge on any atom is -0.364 e. The Morgan fingerprint density at radius 3 is 2.88 bits per heavy atom. The van der Waals surface area contributed by atoms with E-state index in [0.717, 1.165) is 6.07 Å². The Hall–Kier alpha value is -2.24. The molecule has 2 N–H and O–H groups in total. The molecule has 0 atom stereocenters. The summed E-state index contributed by atoms with van der Waals surface area (Å²) in [4.78, 5) is 14.8. The summed E-state index contributed by atoms with van der Waals surface area (Å²) < 4.78 is 27.7. The van der Waals surface area contributed by atoms with Crippen LogP contribution in [0.15, 0.2) is 30.7 Å². The number of nitrogens with zero attached hydrogens (tertiary/aromatic N) is 2. The first kappa shape index (κ1) is 11.3. The normalized spacial score (nSPS) is 10.5. The molecule has 0 saturated heterocycles. The largest absolute Gasteiger partial charge is 0.364 e. The Bertz CT molecular complexity index is 566. The molecule has 1 heterocycles. The molecule has 88 valence electrons. The van der Waals surface area contributed by atoms with Crippen LogP contribution in [-0.2, 0) is 6.54 Å². The van der Waals surface area contributed by atoms with Crippen LogP contribution in [0.1, 0.15) is 16.1 Å². The Morgan fingerprint density at radius 1 is 1.41 bits per heavy atom. The number of rotatable bonds is 3. The minimum absolute atomic E-state index is 0.00185. The second kappa shape index (κ2) is 4.32. The van der Waals surface area contributed by atoms with Crippen LogP contribution in [0.3, 0.4) is 0 Å². The van der Waals surface area contributed by atoms with E-state index in [2.05, 4.69) is 4.98 Å². The predicted octanol–water partition coefficient (Wildman–Crippen LogP) is 1.31. The zero-order valence-electron chi connectivity index (χ0n) is 8.73. The molecule has 0 aliphatic carbocycles. The van der Waals surface area contributed by atoms with Gasteiger partial charge in [-0.25, -0.2) is 13.8 Å². The molecule has 0 bridgehead atoms. The van der Waals surface area contributed by atoms with Crippen molar-refractivity contribution in [3.63, 3.8) is 0 Å². The van der Waals surface area contributed by atoms with Crippen LogP contribution in [0.25, 0.3) is 0 Å². The number of nitrogens with two attached hydrogens (primary N) is 1. The molecule has 2 rings (SSSR count). The smallest absolute Gasteiger partial charge is 0.266 e. The number of primary amides is 1. The fraction of sp³-hybridized carbons (Fsp3) is 0.0909. The first-order valence-electron chi connectivity index (χ1n) is 4.82. The third-order valence-electron chi connectivity index (χ3n) is 2.34. The molecule has 0 aliphatic heterocycles. The van der Waals surface area contributed by atoms with Gasteiger partial charge < -0.3 is 10.3 Å². The lowest BCUT2D eigenvalue weighted by molar-refractivity contribution is 0.0992. The van der Waals surface area contributed by atoms with Crippen molar-refractivity contribution in [1.82, 2.24) is 9.55 Å². The number of benzene rings is 1.